The molecule has 5 heteroatoms. The van der Waals surface area contributed by atoms with Crippen LogP contribution in [0.15, 0.2) is 60.8 Å². The number of pyridine rings is 1. The molecule has 1 atom stereocenters. The molecule has 4 rings (SSSR count). The van der Waals surface area contributed by atoms with E-state index in [1.807, 2.05) is 54.6 Å². The predicted octanol–water partition coefficient (Wildman–Crippen LogP) is 3.30. The summed E-state index contributed by atoms with van der Waals surface area (Å²) in [6, 6.07) is 17.4. The van der Waals surface area contributed by atoms with Crippen molar-refractivity contribution in [2.24, 2.45) is 0 Å². The smallest absolute Gasteiger partial charge is 0.256 e. The van der Waals surface area contributed by atoms with E-state index in [2.05, 4.69) is 4.98 Å². The van der Waals surface area contributed by atoms with Crippen molar-refractivity contribution in [1.29, 1.82) is 0 Å². The molecule has 2 aromatic carbocycles. The van der Waals surface area contributed by atoms with E-state index in [0.717, 1.165) is 22.0 Å². The van der Waals surface area contributed by atoms with Gasteiger partial charge in [-0.25, -0.2) is 0 Å². The first-order valence-corrected chi connectivity index (χ1v) is 8.15. The summed E-state index contributed by atoms with van der Waals surface area (Å²) in [7, 11) is 1.79. The van der Waals surface area contributed by atoms with Gasteiger partial charge >= 0.3 is 0 Å². The van der Waals surface area contributed by atoms with Gasteiger partial charge in [-0.2, -0.15) is 0 Å². The zero-order chi connectivity index (χ0) is 17.2. The maximum Gasteiger partial charge on any atom is 0.256 e. The molecule has 126 valence electrons. The number of nitrogens with zero attached hydrogens (tertiary/aromatic N) is 2. The van der Waals surface area contributed by atoms with Crippen LogP contribution in [0.5, 0.6) is 5.75 Å². The highest BCUT2D eigenvalue weighted by Gasteiger charge is 2.30. The molecule has 0 spiro atoms. The highest BCUT2D eigenvalue weighted by Crippen LogP contribution is 2.33. The molecule has 3 aromatic rings. The SMILES string of the molecule is CN(Cc1cccc2ncccc12)C(=O)C1OCOc2ccccc21. The number of benzene rings is 2. The van der Waals surface area contributed by atoms with Gasteiger partial charge in [0.2, 0.25) is 0 Å². The molecule has 25 heavy (non-hydrogen) atoms. The van der Waals surface area contributed by atoms with Gasteiger partial charge in [0.15, 0.2) is 12.9 Å². The number of carbonyl (C=O) groups is 1. The second-order valence-corrected chi connectivity index (χ2v) is 6.03. The third-order valence-electron chi connectivity index (χ3n) is 4.39. The second-order valence-electron chi connectivity index (χ2n) is 6.03. The first-order valence-electron chi connectivity index (χ1n) is 8.15. The summed E-state index contributed by atoms with van der Waals surface area (Å²) in [6.45, 7) is 0.574. The number of para-hydroxylation sites is 1. The molecule has 0 saturated carbocycles. The number of aromatic nitrogens is 1. The van der Waals surface area contributed by atoms with Gasteiger partial charge in [0.25, 0.3) is 5.91 Å². The van der Waals surface area contributed by atoms with Gasteiger partial charge < -0.3 is 14.4 Å². The minimum atomic E-state index is -0.636. The Hall–Kier alpha value is -2.92. The van der Waals surface area contributed by atoms with E-state index in [1.54, 1.807) is 18.1 Å². The van der Waals surface area contributed by atoms with Crippen LogP contribution in [0.1, 0.15) is 17.2 Å². The van der Waals surface area contributed by atoms with Crippen molar-refractivity contribution in [3.05, 3.63) is 71.9 Å². The maximum atomic E-state index is 12.9. The standard InChI is InChI=1S/C20H18N2O3/c1-22(12-14-6-4-9-17-15(14)8-5-11-21-17)20(23)19-16-7-2-3-10-18(16)24-13-25-19/h2-11,19H,12-13H2,1H3. The van der Waals surface area contributed by atoms with Gasteiger partial charge in [-0.3, -0.25) is 9.78 Å². The van der Waals surface area contributed by atoms with Gasteiger partial charge in [0.1, 0.15) is 5.75 Å². The summed E-state index contributed by atoms with van der Waals surface area (Å²) in [5, 5.41) is 1.05. The molecule has 1 aliphatic rings. The van der Waals surface area contributed by atoms with Crippen LogP contribution in [0.3, 0.4) is 0 Å². The Morgan fingerprint density at radius 2 is 2.04 bits per heavy atom. The summed E-state index contributed by atoms with van der Waals surface area (Å²) >= 11 is 0. The van der Waals surface area contributed by atoms with Crippen molar-refractivity contribution in [2.75, 3.05) is 13.8 Å². The second kappa shape index (κ2) is 6.53. The lowest BCUT2D eigenvalue weighted by molar-refractivity contribution is -0.152. The van der Waals surface area contributed by atoms with Gasteiger partial charge in [-0.15, -0.1) is 0 Å². The Labute approximate surface area is 145 Å². The van der Waals surface area contributed by atoms with Crippen LogP contribution >= 0.6 is 0 Å². The summed E-state index contributed by atoms with van der Waals surface area (Å²) < 4.78 is 11.0. The molecule has 1 unspecified atom stereocenters. The highest BCUT2D eigenvalue weighted by atomic mass is 16.7. The van der Waals surface area contributed by atoms with Crippen LogP contribution in [0.25, 0.3) is 10.9 Å². The summed E-state index contributed by atoms with van der Waals surface area (Å²) in [5.41, 5.74) is 2.75. The molecular weight excluding hydrogens is 316 g/mol. The lowest BCUT2D eigenvalue weighted by Gasteiger charge is -2.29. The third-order valence-corrected chi connectivity index (χ3v) is 4.39. The van der Waals surface area contributed by atoms with Crippen LogP contribution in [-0.4, -0.2) is 29.6 Å². The summed E-state index contributed by atoms with van der Waals surface area (Å²) in [6.07, 6.45) is 1.14. The monoisotopic (exact) mass is 334 g/mol. The number of likely N-dealkylation sites (N-methyl/N-ethyl adjacent to an activating group) is 1. The fraction of sp³-hybridized carbons (Fsp3) is 0.200. The fourth-order valence-electron chi connectivity index (χ4n) is 3.13. The van der Waals surface area contributed by atoms with Crippen molar-refractivity contribution < 1.29 is 14.3 Å². The van der Waals surface area contributed by atoms with E-state index in [9.17, 15) is 4.79 Å². The number of ether oxygens (including phenoxy) is 2. The Morgan fingerprint density at radius 1 is 1.16 bits per heavy atom. The zero-order valence-electron chi connectivity index (χ0n) is 13.9. The highest BCUT2D eigenvalue weighted by molar-refractivity contribution is 5.85. The summed E-state index contributed by atoms with van der Waals surface area (Å²) in [4.78, 5) is 19.0. The largest absolute Gasteiger partial charge is 0.467 e. The van der Waals surface area contributed by atoms with Crippen molar-refractivity contribution in [1.82, 2.24) is 9.88 Å². The van der Waals surface area contributed by atoms with Gasteiger partial charge in [0, 0.05) is 30.7 Å². The Balaban J connectivity index is 1.59. The first-order chi connectivity index (χ1) is 12.2. The van der Waals surface area contributed by atoms with Crippen molar-refractivity contribution in [3.63, 3.8) is 0 Å². The van der Waals surface area contributed by atoms with E-state index < -0.39 is 6.10 Å². The van der Waals surface area contributed by atoms with Gasteiger partial charge in [-0.05, 0) is 23.8 Å². The lowest BCUT2D eigenvalue weighted by Crippen LogP contribution is -2.35. The van der Waals surface area contributed by atoms with Crippen LogP contribution < -0.4 is 4.74 Å². The Bertz CT molecular complexity index is 920. The number of fused-ring (bicyclic) bond motifs is 2. The molecule has 5 nitrogen and oxygen atoms in total. The molecule has 1 aromatic heterocycles. The number of hydrogen-bond acceptors (Lipinski definition) is 4. The molecule has 0 bridgehead atoms. The van der Waals surface area contributed by atoms with Crippen LogP contribution in [0, 0.1) is 0 Å². The minimum Gasteiger partial charge on any atom is -0.467 e. The van der Waals surface area contributed by atoms with Crippen molar-refractivity contribution >= 4 is 16.8 Å². The predicted molar refractivity (Wildman–Crippen MR) is 94.0 cm³/mol. The normalized spacial score (nSPS) is 16.1. The number of amides is 1. The Kier molecular flexibility index (Phi) is 4.07. The van der Waals surface area contributed by atoms with Crippen LogP contribution in [-0.2, 0) is 16.1 Å². The minimum absolute atomic E-state index is 0.0828. The van der Waals surface area contributed by atoms with Crippen molar-refractivity contribution in [3.8, 4) is 5.75 Å². The maximum absolute atomic E-state index is 12.9. The van der Waals surface area contributed by atoms with E-state index in [-0.39, 0.29) is 12.7 Å². The molecule has 1 amide bonds. The molecular formula is C20H18N2O3. The fourth-order valence-corrected chi connectivity index (χ4v) is 3.13. The van der Waals surface area contributed by atoms with E-state index in [4.69, 9.17) is 9.47 Å². The quantitative estimate of drug-likeness (QED) is 0.737. The molecule has 1 aliphatic heterocycles. The van der Waals surface area contributed by atoms with Crippen LogP contribution in [0.4, 0.5) is 0 Å². The molecule has 0 fully saturated rings. The number of hydrogen-bond donors (Lipinski definition) is 0. The van der Waals surface area contributed by atoms with Gasteiger partial charge in [0.05, 0.1) is 5.52 Å². The first kappa shape index (κ1) is 15.6. The summed E-state index contributed by atoms with van der Waals surface area (Å²) in [5.74, 6) is 0.617. The van der Waals surface area contributed by atoms with Crippen molar-refractivity contribution in [2.45, 2.75) is 12.6 Å². The molecule has 2 heterocycles. The number of rotatable bonds is 3. The molecule has 0 N–H and O–H groups in total. The zero-order valence-corrected chi connectivity index (χ0v) is 13.9. The lowest BCUT2D eigenvalue weighted by atomic mass is 10.0. The third kappa shape index (κ3) is 2.94. The number of carbonyl (C=O) groups excluding carboxylic acids is 1. The average Bonchev–Trinajstić information content (AvgIpc) is 2.67. The van der Waals surface area contributed by atoms with E-state index in [1.165, 1.54) is 0 Å². The van der Waals surface area contributed by atoms with E-state index in [0.29, 0.717) is 12.3 Å². The molecule has 0 saturated heterocycles. The van der Waals surface area contributed by atoms with E-state index >= 15 is 0 Å². The topological polar surface area (TPSA) is 51.7 Å². The molecule has 0 aliphatic carbocycles. The van der Waals surface area contributed by atoms with Gasteiger partial charge in [-0.1, -0.05) is 36.4 Å². The average molecular weight is 334 g/mol. The Morgan fingerprint density at radius 3 is 2.96 bits per heavy atom. The molecule has 0 radical (unpaired) electrons. The van der Waals surface area contributed by atoms with Crippen LogP contribution in [0.2, 0.25) is 0 Å².